The number of carbonyl (C=O) groups excluding carboxylic acids is 2. The molecule has 26 heavy (non-hydrogen) atoms. The van der Waals surface area contributed by atoms with Gasteiger partial charge >= 0.3 is 12.2 Å². The van der Waals surface area contributed by atoms with Gasteiger partial charge in [0.2, 0.25) is 6.41 Å². The van der Waals surface area contributed by atoms with Crippen molar-refractivity contribution >= 4 is 34.7 Å². The highest BCUT2D eigenvalue weighted by Gasteiger charge is 2.30. The van der Waals surface area contributed by atoms with Crippen LogP contribution in [0.1, 0.15) is 5.56 Å². The van der Waals surface area contributed by atoms with Gasteiger partial charge < -0.3 is 5.32 Å². The maximum atomic E-state index is 12.8. The number of nitrogens with zero attached hydrogens (tertiary/aromatic N) is 2. The lowest BCUT2D eigenvalue weighted by Gasteiger charge is -2.17. The van der Waals surface area contributed by atoms with Crippen molar-refractivity contribution in [1.29, 1.82) is 0 Å². The molecule has 0 aliphatic carbocycles. The summed E-state index contributed by atoms with van der Waals surface area (Å²) in [7, 11) is 0. The van der Waals surface area contributed by atoms with Crippen molar-refractivity contribution in [2.75, 3.05) is 10.2 Å². The highest BCUT2D eigenvalue weighted by Crippen LogP contribution is 2.30. The van der Waals surface area contributed by atoms with Crippen molar-refractivity contribution in [3.63, 3.8) is 0 Å². The molecule has 1 heterocycles. The molecule has 0 saturated carbocycles. The van der Waals surface area contributed by atoms with Crippen molar-refractivity contribution in [2.24, 2.45) is 0 Å². The van der Waals surface area contributed by atoms with Gasteiger partial charge in [0.25, 0.3) is 0 Å². The van der Waals surface area contributed by atoms with Gasteiger partial charge in [-0.3, -0.25) is 9.78 Å². The zero-order valence-corrected chi connectivity index (χ0v) is 13.2. The minimum absolute atomic E-state index is 0.0702. The number of aromatic nitrogens is 1. The average Bonchev–Trinajstić information content (AvgIpc) is 2.62. The van der Waals surface area contributed by atoms with E-state index in [-0.39, 0.29) is 11.4 Å². The summed E-state index contributed by atoms with van der Waals surface area (Å²) in [4.78, 5) is 28.6. The molecular weight excluding hydrogens is 347 g/mol. The largest absolute Gasteiger partial charge is 0.416 e. The number of nitrogens with one attached hydrogen (secondary N) is 1. The second kappa shape index (κ2) is 6.83. The van der Waals surface area contributed by atoms with Crippen LogP contribution in [0, 0.1) is 0 Å². The second-order valence-electron chi connectivity index (χ2n) is 5.36. The van der Waals surface area contributed by atoms with E-state index in [9.17, 15) is 22.8 Å². The lowest BCUT2D eigenvalue weighted by Crippen LogP contribution is -2.33. The Kier molecular flexibility index (Phi) is 4.57. The van der Waals surface area contributed by atoms with Crippen LogP contribution in [-0.4, -0.2) is 17.4 Å². The van der Waals surface area contributed by atoms with Gasteiger partial charge in [0.05, 0.1) is 16.8 Å². The van der Waals surface area contributed by atoms with Crippen LogP contribution in [0.2, 0.25) is 0 Å². The molecule has 0 spiro atoms. The van der Waals surface area contributed by atoms with Crippen LogP contribution in [0.15, 0.2) is 60.8 Å². The smallest absolute Gasteiger partial charge is 0.307 e. The van der Waals surface area contributed by atoms with Gasteiger partial charge in [0, 0.05) is 17.3 Å². The highest BCUT2D eigenvalue weighted by molar-refractivity contribution is 6.12. The van der Waals surface area contributed by atoms with Gasteiger partial charge in [-0.15, -0.1) is 0 Å². The number of rotatable bonds is 3. The van der Waals surface area contributed by atoms with Crippen molar-refractivity contribution < 1.29 is 22.8 Å². The van der Waals surface area contributed by atoms with E-state index in [0.29, 0.717) is 17.3 Å². The Balaban J connectivity index is 1.86. The summed E-state index contributed by atoms with van der Waals surface area (Å²) >= 11 is 0. The van der Waals surface area contributed by atoms with Crippen LogP contribution in [0.5, 0.6) is 0 Å². The number of halogens is 3. The van der Waals surface area contributed by atoms with Gasteiger partial charge in [0.1, 0.15) is 0 Å². The molecule has 3 amide bonds. The van der Waals surface area contributed by atoms with E-state index < -0.39 is 17.8 Å². The van der Waals surface area contributed by atoms with Crippen molar-refractivity contribution in [3.8, 4) is 0 Å². The van der Waals surface area contributed by atoms with Gasteiger partial charge in [0.15, 0.2) is 0 Å². The summed E-state index contributed by atoms with van der Waals surface area (Å²) < 4.78 is 38.3. The maximum absolute atomic E-state index is 12.8. The molecule has 0 aliphatic rings. The van der Waals surface area contributed by atoms with E-state index >= 15 is 0 Å². The van der Waals surface area contributed by atoms with E-state index in [1.165, 1.54) is 18.2 Å². The van der Waals surface area contributed by atoms with E-state index in [0.717, 1.165) is 17.0 Å². The first-order valence-electron chi connectivity index (χ1n) is 7.46. The Morgan fingerprint density at radius 2 is 1.88 bits per heavy atom. The van der Waals surface area contributed by atoms with Crippen LogP contribution >= 0.6 is 0 Å². The molecule has 0 bridgehead atoms. The number of pyridine rings is 1. The zero-order valence-electron chi connectivity index (χ0n) is 13.2. The Hall–Kier alpha value is -3.42. The fraction of sp³-hybridized carbons (Fsp3) is 0.0556. The fourth-order valence-corrected chi connectivity index (χ4v) is 2.40. The van der Waals surface area contributed by atoms with Crippen molar-refractivity contribution in [3.05, 3.63) is 66.4 Å². The van der Waals surface area contributed by atoms with Gasteiger partial charge in [-0.1, -0.05) is 12.1 Å². The molecule has 0 unspecified atom stereocenters. The second-order valence-corrected chi connectivity index (χ2v) is 5.36. The lowest BCUT2D eigenvalue weighted by molar-refractivity contribution is -0.137. The summed E-state index contributed by atoms with van der Waals surface area (Å²) in [6.45, 7) is 0. The number of fused-ring (bicyclic) bond motifs is 1. The third-order valence-corrected chi connectivity index (χ3v) is 3.63. The number of imide groups is 1. The van der Waals surface area contributed by atoms with E-state index in [2.05, 4.69) is 10.3 Å². The molecule has 8 heteroatoms. The predicted molar refractivity (Wildman–Crippen MR) is 90.7 cm³/mol. The topological polar surface area (TPSA) is 62.3 Å². The molecule has 2 aromatic carbocycles. The molecule has 0 aliphatic heterocycles. The highest BCUT2D eigenvalue weighted by atomic mass is 19.4. The molecule has 1 N–H and O–H groups in total. The molecule has 0 radical (unpaired) electrons. The molecule has 3 rings (SSSR count). The summed E-state index contributed by atoms with van der Waals surface area (Å²) in [6, 6.07) is 11.5. The third kappa shape index (κ3) is 3.64. The number of urea groups is 1. The quantitative estimate of drug-likeness (QED) is 0.703. The number of amides is 3. The SMILES string of the molecule is O=CN(C(=O)Nc1cccc(C(F)(F)F)c1)c1ccc2ncccc2c1. The average molecular weight is 359 g/mol. The minimum atomic E-state index is -4.53. The summed E-state index contributed by atoms with van der Waals surface area (Å²) in [5, 5.41) is 3.00. The van der Waals surface area contributed by atoms with Crippen LogP contribution in [0.25, 0.3) is 10.9 Å². The van der Waals surface area contributed by atoms with Crippen LogP contribution in [0.3, 0.4) is 0 Å². The standard InChI is InChI=1S/C18H12F3N3O2/c19-18(20,21)13-4-1-5-14(10-13)23-17(26)24(11-25)15-6-7-16-12(9-15)3-2-8-22-16/h1-11H,(H,23,26). The normalized spacial score (nSPS) is 11.2. The Morgan fingerprint density at radius 3 is 2.62 bits per heavy atom. The first-order chi connectivity index (χ1) is 12.4. The van der Waals surface area contributed by atoms with Gasteiger partial charge in [-0.25, -0.2) is 9.69 Å². The Morgan fingerprint density at radius 1 is 1.08 bits per heavy atom. The Labute approximate surface area is 146 Å². The number of anilines is 2. The molecule has 1 aromatic heterocycles. The van der Waals surface area contributed by atoms with Crippen molar-refractivity contribution in [1.82, 2.24) is 4.98 Å². The van der Waals surface area contributed by atoms with E-state index in [1.807, 2.05) is 0 Å². The number of benzene rings is 2. The number of alkyl halides is 3. The van der Waals surface area contributed by atoms with Crippen LogP contribution in [-0.2, 0) is 11.0 Å². The van der Waals surface area contributed by atoms with Gasteiger partial charge in [-0.2, -0.15) is 13.2 Å². The molecule has 0 saturated heterocycles. The number of hydrogen-bond donors (Lipinski definition) is 1. The molecule has 3 aromatic rings. The minimum Gasteiger partial charge on any atom is -0.307 e. The maximum Gasteiger partial charge on any atom is 0.416 e. The van der Waals surface area contributed by atoms with E-state index in [4.69, 9.17) is 0 Å². The first kappa shape index (κ1) is 17.4. The predicted octanol–water partition coefficient (Wildman–Crippen LogP) is 4.45. The van der Waals surface area contributed by atoms with Crippen molar-refractivity contribution in [2.45, 2.75) is 6.18 Å². The summed E-state index contributed by atoms with van der Waals surface area (Å²) in [6.07, 6.45) is -2.63. The summed E-state index contributed by atoms with van der Waals surface area (Å²) in [5.41, 5.74) is -0.0192. The number of carbonyl (C=O) groups is 2. The zero-order chi connectivity index (χ0) is 18.7. The first-order valence-corrected chi connectivity index (χ1v) is 7.46. The monoisotopic (exact) mass is 359 g/mol. The number of hydrogen-bond acceptors (Lipinski definition) is 3. The molecule has 0 fully saturated rings. The van der Waals surface area contributed by atoms with Crippen LogP contribution < -0.4 is 10.2 Å². The van der Waals surface area contributed by atoms with E-state index in [1.54, 1.807) is 30.5 Å². The molecule has 132 valence electrons. The molecular formula is C18H12F3N3O2. The lowest BCUT2D eigenvalue weighted by atomic mass is 10.2. The fourth-order valence-electron chi connectivity index (χ4n) is 2.40. The molecule has 5 nitrogen and oxygen atoms in total. The molecule has 0 atom stereocenters. The van der Waals surface area contributed by atoms with Crippen LogP contribution in [0.4, 0.5) is 29.3 Å². The third-order valence-electron chi connectivity index (χ3n) is 3.63. The Bertz CT molecular complexity index is 973. The summed E-state index contributed by atoms with van der Waals surface area (Å²) in [5.74, 6) is 0. The van der Waals surface area contributed by atoms with Gasteiger partial charge in [-0.05, 0) is 42.5 Å².